The molecule has 1 aromatic carbocycles. The van der Waals surface area contributed by atoms with Crippen molar-refractivity contribution < 1.29 is 0 Å². The standard InChI is InChI=1S/C16H17N3S/c1-12-11-20-16(19-12)6-7-17-9-14-10-18-8-13-4-2-3-5-15(13)14/h2-5,8,10-11,17H,6-7,9H2,1H3. The third kappa shape index (κ3) is 3.03. The van der Waals surface area contributed by atoms with E-state index < -0.39 is 0 Å². The molecule has 0 unspecified atom stereocenters. The van der Waals surface area contributed by atoms with Crippen LogP contribution in [0.2, 0.25) is 0 Å². The Morgan fingerprint density at radius 3 is 2.95 bits per heavy atom. The smallest absolute Gasteiger partial charge is 0.0940 e. The molecule has 0 radical (unpaired) electrons. The lowest BCUT2D eigenvalue weighted by Crippen LogP contribution is -2.17. The molecule has 3 aromatic rings. The number of aryl methyl sites for hydroxylation is 1. The summed E-state index contributed by atoms with van der Waals surface area (Å²) in [7, 11) is 0. The van der Waals surface area contributed by atoms with E-state index in [-0.39, 0.29) is 0 Å². The Balaban J connectivity index is 1.60. The predicted molar refractivity (Wildman–Crippen MR) is 84.0 cm³/mol. The SMILES string of the molecule is Cc1csc(CCNCc2cncc3ccccc23)n1. The summed E-state index contributed by atoms with van der Waals surface area (Å²) in [5, 5.41) is 9.25. The normalized spacial score (nSPS) is 11.1. The molecule has 3 nitrogen and oxygen atoms in total. The van der Waals surface area contributed by atoms with Gasteiger partial charge in [0.05, 0.1) is 5.01 Å². The molecule has 20 heavy (non-hydrogen) atoms. The molecule has 0 spiro atoms. The zero-order chi connectivity index (χ0) is 13.8. The Labute approximate surface area is 122 Å². The van der Waals surface area contributed by atoms with Gasteiger partial charge in [-0.3, -0.25) is 4.98 Å². The molecule has 2 heterocycles. The second-order valence-electron chi connectivity index (χ2n) is 4.83. The summed E-state index contributed by atoms with van der Waals surface area (Å²) in [6.45, 7) is 3.82. The average Bonchev–Trinajstić information content (AvgIpc) is 2.89. The van der Waals surface area contributed by atoms with Crippen molar-refractivity contribution in [3.05, 3.63) is 58.3 Å². The van der Waals surface area contributed by atoms with E-state index in [0.29, 0.717) is 0 Å². The van der Waals surface area contributed by atoms with E-state index in [1.54, 1.807) is 11.3 Å². The van der Waals surface area contributed by atoms with E-state index in [1.165, 1.54) is 21.3 Å². The minimum absolute atomic E-state index is 0.846. The molecule has 0 saturated carbocycles. The number of thiazole rings is 1. The largest absolute Gasteiger partial charge is 0.312 e. The first-order valence-corrected chi connectivity index (χ1v) is 7.64. The van der Waals surface area contributed by atoms with E-state index in [1.807, 2.05) is 25.4 Å². The van der Waals surface area contributed by atoms with Crippen LogP contribution in [0.25, 0.3) is 10.8 Å². The van der Waals surface area contributed by atoms with Crippen LogP contribution in [0.5, 0.6) is 0 Å². The van der Waals surface area contributed by atoms with Crippen molar-refractivity contribution in [2.45, 2.75) is 19.9 Å². The molecule has 0 aliphatic carbocycles. The lowest BCUT2D eigenvalue weighted by atomic mass is 10.1. The molecular formula is C16H17N3S. The average molecular weight is 283 g/mol. The molecular weight excluding hydrogens is 266 g/mol. The number of benzene rings is 1. The molecule has 4 heteroatoms. The molecule has 0 atom stereocenters. The monoisotopic (exact) mass is 283 g/mol. The van der Waals surface area contributed by atoms with E-state index in [9.17, 15) is 0 Å². The number of hydrogen-bond donors (Lipinski definition) is 1. The van der Waals surface area contributed by atoms with Crippen molar-refractivity contribution in [2.75, 3.05) is 6.54 Å². The van der Waals surface area contributed by atoms with Gasteiger partial charge in [-0.25, -0.2) is 4.98 Å². The molecule has 0 fully saturated rings. The highest BCUT2D eigenvalue weighted by Gasteiger charge is 2.02. The van der Waals surface area contributed by atoms with Gasteiger partial charge >= 0.3 is 0 Å². The molecule has 2 aromatic heterocycles. The highest BCUT2D eigenvalue weighted by atomic mass is 32.1. The van der Waals surface area contributed by atoms with Crippen LogP contribution in [-0.2, 0) is 13.0 Å². The van der Waals surface area contributed by atoms with Crippen LogP contribution in [0.15, 0.2) is 42.0 Å². The molecule has 0 saturated heterocycles. The number of pyridine rings is 1. The van der Waals surface area contributed by atoms with E-state index >= 15 is 0 Å². The van der Waals surface area contributed by atoms with Crippen LogP contribution in [0.1, 0.15) is 16.3 Å². The van der Waals surface area contributed by atoms with Gasteiger partial charge in [0, 0.05) is 48.4 Å². The van der Waals surface area contributed by atoms with E-state index in [4.69, 9.17) is 0 Å². The highest BCUT2D eigenvalue weighted by Crippen LogP contribution is 2.16. The van der Waals surface area contributed by atoms with Crippen LogP contribution in [0.4, 0.5) is 0 Å². The van der Waals surface area contributed by atoms with Gasteiger partial charge in [0.25, 0.3) is 0 Å². The van der Waals surface area contributed by atoms with Crippen LogP contribution in [-0.4, -0.2) is 16.5 Å². The molecule has 102 valence electrons. The Morgan fingerprint density at radius 2 is 2.10 bits per heavy atom. The van der Waals surface area contributed by atoms with Gasteiger partial charge in [-0.1, -0.05) is 24.3 Å². The third-order valence-corrected chi connectivity index (χ3v) is 4.27. The summed E-state index contributed by atoms with van der Waals surface area (Å²) < 4.78 is 0. The minimum atomic E-state index is 0.846. The van der Waals surface area contributed by atoms with Crippen molar-refractivity contribution in [3.8, 4) is 0 Å². The van der Waals surface area contributed by atoms with Crippen molar-refractivity contribution in [2.24, 2.45) is 0 Å². The summed E-state index contributed by atoms with van der Waals surface area (Å²) in [5.74, 6) is 0. The van der Waals surface area contributed by atoms with Gasteiger partial charge in [0.2, 0.25) is 0 Å². The fraction of sp³-hybridized carbons (Fsp3) is 0.250. The number of rotatable bonds is 5. The summed E-state index contributed by atoms with van der Waals surface area (Å²) in [4.78, 5) is 8.77. The van der Waals surface area contributed by atoms with E-state index in [0.717, 1.165) is 25.2 Å². The maximum absolute atomic E-state index is 4.47. The summed E-state index contributed by atoms with van der Waals surface area (Å²) in [6, 6.07) is 8.37. The van der Waals surface area contributed by atoms with Crippen molar-refractivity contribution in [3.63, 3.8) is 0 Å². The first kappa shape index (κ1) is 13.2. The van der Waals surface area contributed by atoms with Gasteiger partial charge in [-0.15, -0.1) is 11.3 Å². The Kier molecular flexibility index (Phi) is 4.04. The number of nitrogens with zero attached hydrogens (tertiary/aromatic N) is 2. The molecule has 1 N–H and O–H groups in total. The van der Waals surface area contributed by atoms with Gasteiger partial charge in [-0.2, -0.15) is 0 Å². The maximum Gasteiger partial charge on any atom is 0.0940 e. The quantitative estimate of drug-likeness (QED) is 0.730. The minimum Gasteiger partial charge on any atom is -0.312 e. The van der Waals surface area contributed by atoms with Gasteiger partial charge < -0.3 is 5.32 Å². The second kappa shape index (κ2) is 6.11. The Hall–Kier alpha value is -1.78. The van der Waals surface area contributed by atoms with Gasteiger partial charge in [0.15, 0.2) is 0 Å². The van der Waals surface area contributed by atoms with Crippen LogP contribution < -0.4 is 5.32 Å². The topological polar surface area (TPSA) is 37.8 Å². The fourth-order valence-corrected chi connectivity index (χ4v) is 3.03. The highest BCUT2D eigenvalue weighted by molar-refractivity contribution is 7.09. The van der Waals surface area contributed by atoms with Crippen molar-refractivity contribution in [1.82, 2.24) is 15.3 Å². The molecule has 0 bridgehead atoms. The zero-order valence-corrected chi connectivity index (χ0v) is 12.3. The van der Waals surface area contributed by atoms with Gasteiger partial charge in [-0.05, 0) is 17.9 Å². The molecule has 0 aliphatic heterocycles. The second-order valence-corrected chi connectivity index (χ2v) is 5.77. The lowest BCUT2D eigenvalue weighted by Gasteiger charge is -2.07. The van der Waals surface area contributed by atoms with Crippen molar-refractivity contribution >= 4 is 22.1 Å². The molecule has 0 aliphatic rings. The Morgan fingerprint density at radius 1 is 1.20 bits per heavy atom. The van der Waals surface area contributed by atoms with Crippen molar-refractivity contribution in [1.29, 1.82) is 0 Å². The summed E-state index contributed by atoms with van der Waals surface area (Å²) in [5.41, 5.74) is 2.36. The third-order valence-electron chi connectivity index (χ3n) is 3.25. The number of aromatic nitrogens is 2. The lowest BCUT2D eigenvalue weighted by molar-refractivity contribution is 0.686. The van der Waals surface area contributed by atoms with Crippen LogP contribution in [0, 0.1) is 6.92 Å². The number of hydrogen-bond acceptors (Lipinski definition) is 4. The fourth-order valence-electron chi connectivity index (χ4n) is 2.26. The Bertz CT molecular complexity index is 700. The first-order chi connectivity index (χ1) is 9.83. The number of nitrogens with one attached hydrogen (secondary N) is 1. The van der Waals surface area contributed by atoms with Crippen LogP contribution >= 0.6 is 11.3 Å². The zero-order valence-electron chi connectivity index (χ0n) is 11.5. The summed E-state index contributed by atoms with van der Waals surface area (Å²) >= 11 is 1.73. The maximum atomic E-state index is 4.47. The van der Waals surface area contributed by atoms with Crippen LogP contribution in [0.3, 0.4) is 0 Å². The molecule has 0 amide bonds. The molecule has 3 rings (SSSR count). The number of fused-ring (bicyclic) bond motifs is 1. The summed E-state index contributed by atoms with van der Waals surface area (Å²) in [6.07, 6.45) is 4.84. The predicted octanol–water partition coefficient (Wildman–Crippen LogP) is 3.33. The van der Waals surface area contributed by atoms with E-state index in [2.05, 4.69) is 38.9 Å². The van der Waals surface area contributed by atoms with Gasteiger partial charge in [0.1, 0.15) is 0 Å². The first-order valence-electron chi connectivity index (χ1n) is 6.76.